The molecule has 0 bridgehead atoms. The summed E-state index contributed by atoms with van der Waals surface area (Å²) < 4.78 is 0. The van der Waals surface area contributed by atoms with E-state index in [-0.39, 0.29) is 5.48 Å². The maximum Gasteiger partial charge on any atom is 0.224 e. The smallest absolute Gasteiger partial charge is 0.224 e. The van der Waals surface area contributed by atoms with E-state index in [0.717, 1.165) is 48.3 Å². The molecule has 356 valence electrons. The van der Waals surface area contributed by atoms with Crippen LogP contribution < -0.4 is 27.0 Å². The second kappa shape index (κ2) is 30.0. The topological polar surface area (TPSA) is 228 Å². The number of carbonyl (C=O) groups is 2. The minimum absolute atomic E-state index is 0. The van der Waals surface area contributed by atoms with E-state index in [1.165, 1.54) is 127 Å². The molecular weight excluding hydrogens is 799 g/mol. The lowest BCUT2D eigenvalue weighted by molar-refractivity contribution is -0.176. The molecule has 2 saturated carbocycles. The van der Waals surface area contributed by atoms with E-state index >= 15 is 0 Å². The van der Waals surface area contributed by atoms with Gasteiger partial charge in [-0.25, -0.2) is 4.98 Å². The van der Waals surface area contributed by atoms with Gasteiger partial charge in [0.25, 0.3) is 0 Å². The molecule has 0 spiro atoms. The third-order valence-corrected chi connectivity index (χ3v) is 13.1. The van der Waals surface area contributed by atoms with Gasteiger partial charge in [-0.05, 0) is 146 Å². The van der Waals surface area contributed by atoms with Crippen molar-refractivity contribution in [2.75, 3.05) is 96.5 Å². The first kappa shape index (κ1) is 54.9. The number of carbonyl (C=O) groups excluding carboxylic acids is 2. The van der Waals surface area contributed by atoms with Gasteiger partial charge in [-0.3, -0.25) is 20.3 Å². The van der Waals surface area contributed by atoms with Gasteiger partial charge in [0, 0.05) is 75.2 Å². The Hall–Kier alpha value is -4.19. The molecule has 63 heavy (non-hydrogen) atoms. The molecule has 3 aliphatic heterocycles. The van der Waals surface area contributed by atoms with E-state index < -0.39 is 0 Å². The number of hydrogen-bond acceptors (Lipinski definition) is 13. The van der Waals surface area contributed by atoms with Crippen LogP contribution in [-0.2, 0) is 15.0 Å². The van der Waals surface area contributed by atoms with Crippen molar-refractivity contribution in [1.82, 2.24) is 30.0 Å². The van der Waals surface area contributed by atoms with Crippen LogP contribution in [0.1, 0.15) is 119 Å². The molecule has 4 heterocycles. The van der Waals surface area contributed by atoms with Crippen molar-refractivity contribution < 1.29 is 25.6 Å². The normalized spacial score (nSPS) is 20.7. The number of anilines is 3. The van der Waals surface area contributed by atoms with Gasteiger partial charge in [-0.1, -0.05) is 32.3 Å². The molecule has 3 saturated heterocycles. The Morgan fingerprint density at radius 3 is 2.17 bits per heavy atom. The first-order valence-corrected chi connectivity index (χ1v) is 23.0. The third-order valence-electron chi connectivity index (χ3n) is 13.1. The summed E-state index contributed by atoms with van der Waals surface area (Å²) in [7, 11) is 8.15. The highest BCUT2D eigenvalue weighted by atomic mass is 17.0. The number of likely N-dealkylation sites (tertiary alicyclic amines) is 3. The summed E-state index contributed by atoms with van der Waals surface area (Å²) in [6.45, 7) is 17.4. The van der Waals surface area contributed by atoms with Gasteiger partial charge < -0.3 is 52.0 Å². The summed E-state index contributed by atoms with van der Waals surface area (Å²) in [6, 6.07) is 7.71. The van der Waals surface area contributed by atoms with Gasteiger partial charge in [0.2, 0.25) is 12.4 Å². The van der Waals surface area contributed by atoms with E-state index in [4.69, 9.17) is 21.2 Å². The molecule has 1 amide bonds. The highest BCUT2D eigenvalue weighted by Crippen LogP contribution is 2.50. The van der Waals surface area contributed by atoms with Crippen LogP contribution in [0.4, 0.5) is 17.5 Å². The van der Waals surface area contributed by atoms with Crippen LogP contribution in [0.25, 0.3) is 0 Å². The largest absolute Gasteiger partial charge is 0.412 e. The average Bonchev–Trinajstić information content (AvgIpc) is 4.07. The fraction of sp³-hybridized carbons (Fsp3) is 0.681. The SMILES string of the molecule is C=C.CN1CCC(Nc2ncc(C3(C)CC3)c(NC3CCCCC3)n2)CC1.CN=C(N)c1ccc(C2CCN(CC3CCCN(C)C3)CC2)cc1NC.O.O=CCCNC=O.OO. The molecule has 1 aromatic heterocycles. The number of benzene rings is 1. The van der Waals surface area contributed by atoms with Gasteiger partial charge in [0.1, 0.15) is 17.9 Å². The van der Waals surface area contributed by atoms with Crippen molar-refractivity contribution in [2.45, 2.75) is 120 Å². The van der Waals surface area contributed by atoms with Gasteiger partial charge in [0.15, 0.2) is 0 Å². The number of rotatable bonds is 14. The number of nitrogens with two attached hydrogens (primary N) is 1. The molecule has 16 heteroatoms. The average molecular weight is 882 g/mol. The predicted octanol–water partition coefficient (Wildman–Crippen LogP) is 5.68. The Morgan fingerprint density at radius 2 is 1.59 bits per heavy atom. The highest BCUT2D eigenvalue weighted by Gasteiger charge is 2.42. The van der Waals surface area contributed by atoms with Gasteiger partial charge in [-0.2, -0.15) is 4.98 Å². The number of nitrogens with zero attached hydrogens (tertiary/aromatic N) is 6. The summed E-state index contributed by atoms with van der Waals surface area (Å²) in [6.07, 6.45) is 20.6. The second-order valence-corrected chi connectivity index (χ2v) is 17.8. The number of aliphatic imine (C=N–C) groups is 1. The fourth-order valence-electron chi connectivity index (χ4n) is 9.04. The molecule has 2 aliphatic carbocycles. The van der Waals surface area contributed by atoms with Crippen LogP contribution in [0.3, 0.4) is 0 Å². The molecule has 1 unspecified atom stereocenters. The summed E-state index contributed by atoms with van der Waals surface area (Å²) >= 11 is 0. The van der Waals surface area contributed by atoms with Crippen molar-refractivity contribution in [3.63, 3.8) is 0 Å². The van der Waals surface area contributed by atoms with Crippen LogP contribution in [-0.4, -0.2) is 152 Å². The number of nitrogens with one attached hydrogen (secondary N) is 4. The van der Waals surface area contributed by atoms with Crippen LogP contribution in [0.2, 0.25) is 0 Å². The lowest BCUT2D eigenvalue weighted by atomic mass is 9.87. The number of aromatic nitrogens is 2. The maximum atomic E-state index is 9.52. The maximum absolute atomic E-state index is 9.52. The monoisotopic (exact) mass is 882 g/mol. The zero-order valence-electron chi connectivity index (χ0n) is 39.2. The third kappa shape index (κ3) is 18.4. The number of hydrogen-bond donors (Lipinski definition) is 7. The van der Waals surface area contributed by atoms with Crippen molar-refractivity contribution in [3.8, 4) is 0 Å². The van der Waals surface area contributed by atoms with Gasteiger partial charge in [0.05, 0.1) is 0 Å². The number of amides is 1. The van der Waals surface area contributed by atoms with Crippen molar-refractivity contribution >= 4 is 36.0 Å². The van der Waals surface area contributed by atoms with E-state index in [9.17, 15) is 9.59 Å². The molecule has 2 aromatic rings. The quantitative estimate of drug-likeness (QED) is 0.0231. The Morgan fingerprint density at radius 1 is 0.921 bits per heavy atom. The summed E-state index contributed by atoms with van der Waals surface area (Å²) in [5.41, 5.74) is 11.1. The van der Waals surface area contributed by atoms with Gasteiger partial charge >= 0.3 is 0 Å². The standard InChI is InChI=1S/C21H35N5.C20H33N5.C4H7NO2.C2H4.H2O2.H2O/c1-23-20-13-18(6-7-19(20)21(22)24-2)17-8-11-26(12-9-17)15-16-5-4-10-25(3)14-16;1-20(10-11-20)17-14-21-19(23-16-8-12-25(2)13-9-16)24-18(17)22-15-6-4-3-5-7-15;6-3-1-2-5-4-7;2*1-2;/h6-7,13,16-17,23H,4-5,8-12,14-15H2,1-3H3,(H2,22,24);14-16H,3-13H2,1-2H3,(H2,21,22,23,24);3-4H,1-2H2,(H,5,7);1-2H2;1-2H;1H2. The molecule has 1 aromatic carbocycles. The van der Waals surface area contributed by atoms with Crippen LogP contribution in [0, 0.1) is 5.92 Å². The van der Waals surface area contributed by atoms with E-state index in [2.05, 4.69) is 105 Å². The van der Waals surface area contributed by atoms with Crippen molar-refractivity contribution in [3.05, 3.63) is 54.2 Å². The first-order valence-electron chi connectivity index (χ1n) is 23.0. The molecule has 0 radical (unpaired) electrons. The van der Waals surface area contributed by atoms with Crippen LogP contribution in [0.15, 0.2) is 42.5 Å². The molecule has 7 rings (SSSR count). The summed E-state index contributed by atoms with van der Waals surface area (Å²) in [5, 5.41) is 25.0. The lowest BCUT2D eigenvalue weighted by Crippen LogP contribution is -2.42. The highest BCUT2D eigenvalue weighted by molar-refractivity contribution is 6.02. The molecule has 16 nitrogen and oxygen atoms in total. The minimum atomic E-state index is 0. The van der Waals surface area contributed by atoms with Gasteiger partial charge in [-0.15, -0.1) is 13.2 Å². The van der Waals surface area contributed by atoms with E-state index in [1.807, 2.05) is 7.05 Å². The summed E-state index contributed by atoms with van der Waals surface area (Å²) in [4.78, 5) is 40.3. The first-order chi connectivity index (χ1) is 30.1. The number of aldehydes is 1. The number of amidine groups is 1. The number of piperidine rings is 3. The Kier molecular flexibility index (Phi) is 26.2. The molecule has 5 fully saturated rings. The van der Waals surface area contributed by atoms with Crippen LogP contribution >= 0.6 is 0 Å². The molecule has 1 atom stereocenters. The molecule has 5 aliphatic rings. The summed E-state index contributed by atoms with van der Waals surface area (Å²) in [5.74, 6) is 4.00. The Bertz CT molecular complexity index is 1600. The van der Waals surface area contributed by atoms with Crippen LogP contribution in [0.5, 0.6) is 0 Å². The Labute approximate surface area is 378 Å². The van der Waals surface area contributed by atoms with Crippen molar-refractivity contribution in [1.29, 1.82) is 0 Å². The lowest BCUT2D eigenvalue weighted by Gasteiger charge is -2.37. The zero-order valence-corrected chi connectivity index (χ0v) is 39.2. The minimum Gasteiger partial charge on any atom is -0.412 e. The zero-order chi connectivity index (χ0) is 45.3. The Balaban J connectivity index is 0.000000348. The molecular formula is C47H83N11O5. The van der Waals surface area contributed by atoms with E-state index in [0.29, 0.717) is 48.6 Å². The fourth-order valence-corrected chi connectivity index (χ4v) is 9.04. The second-order valence-electron chi connectivity index (χ2n) is 17.8. The van der Waals surface area contributed by atoms with E-state index in [1.54, 1.807) is 7.05 Å². The van der Waals surface area contributed by atoms with Crippen molar-refractivity contribution in [2.24, 2.45) is 16.6 Å². The predicted molar refractivity (Wildman–Crippen MR) is 259 cm³/mol. The molecule has 10 N–H and O–H groups in total.